The molecule has 1 N–H and O–H groups in total. The van der Waals surface area contributed by atoms with Crippen LogP contribution >= 0.6 is 0 Å². The van der Waals surface area contributed by atoms with E-state index < -0.39 is 0 Å². The zero-order valence-electron chi connectivity index (χ0n) is 11.8. The number of anilines is 1. The summed E-state index contributed by atoms with van der Waals surface area (Å²) in [5.74, 6) is 1.89. The Morgan fingerprint density at radius 3 is 3.06 bits per heavy atom. The van der Waals surface area contributed by atoms with Gasteiger partial charge in [-0.15, -0.1) is 0 Å². The summed E-state index contributed by atoms with van der Waals surface area (Å²) >= 11 is 0. The Hall–Kier alpha value is -1.09. The Morgan fingerprint density at radius 2 is 2.33 bits per heavy atom. The second-order valence-electron chi connectivity index (χ2n) is 5.69. The van der Waals surface area contributed by atoms with Crippen LogP contribution in [0.25, 0.3) is 0 Å². The molecule has 0 radical (unpaired) electrons. The first-order valence-corrected chi connectivity index (χ1v) is 7.07. The van der Waals surface area contributed by atoms with E-state index in [1.807, 2.05) is 12.3 Å². The molecule has 18 heavy (non-hydrogen) atoms. The fraction of sp³-hybridized carbons (Fsp3) is 0.667. The monoisotopic (exact) mass is 247 g/mol. The normalized spacial score (nSPS) is 19.8. The fourth-order valence-electron chi connectivity index (χ4n) is 2.64. The van der Waals surface area contributed by atoms with Gasteiger partial charge in [-0.05, 0) is 43.9 Å². The number of nitrogens with zero attached hydrogens (tertiary/aromatic N) is 2. The van der Waals surface area contributed by atoms with Gasteiger partial charge in [-0.1, -0.05) is 19.9 Å². The highest BCUT2D eigenvalue weighted by Crippen LogP contribution is 2.25. The molecule has 1 fully saturated rings. The van der Waals surface area contributed by atoms with E-state index in [4.69, 9.17) is 0 Å². The molecule has 0 saturated carbocycles. The molecule has 3 heteroatoms. The Kier molecular flexibility index (Phi) is 4.59. The quantitative estimate of drug-likeness (QED) is 0.867. The molecule has 2 heterocycles. The van der Waals surface area contributed by atoms with Gasteiger partial charge in [0.05, 0.1) is 0 Å². The van der Waals surface area contributed by atoms with E-state index in [2.05, 4.69) is 42.0 Å². The van der Waals surface area contributed by atoms with Gasteiger partial charge in [0.2, 0.25) is 0 Å². The minimum Gasteiger partial charge on any atom is -0.352 e. The van der Waals surface area contributed by atoms with Crippen LogP contribution in [0.1, 0.15) is 32.3 Å². The van der Waals surface area contributed by atoms with Crippen molar-refractivity contribution in [3.05, 3.63) is 23.9 Å². The van der Waals surface area contributed by atoms with Crippen molar-refractivity contribution in [2.75, 3.05) is 24.5 Å². The summed E-state index contributed by atoms with van der Waals surface area (Å²) in [5.41, 5.74) is 1.29. The van der Waals surface area contributed by atoms with Crippen molar-refractivity contribution in [2.45, 2.75) is 39.7 Å². The Bertz CT molecular complexity index is 376. The molecule has 1 aromatic heterocycles. The van der Waals surface area contributed by atoms with Crippen LogP contribution < -0.4 is 10.2 Å². The second-order valence-corrected chi connectivity index (χ2v) is 5.69. The van der Waals surface area contributed by atoms with Gasteiger partial charge in [-0.2, -0.15) is 0 Å². The van der Waals surface area contributed by atoms with Gasteiger partial charge >= 0.3 is 0 Å². The van der Waals surface area contributed by atoms with Crippen molar-refractivity contribution in [1.29, 1.82) is 0 Å². The predicted octanol–water partition coefficient (Wildman–Crippen LogP) is 2.60. The van der Waals surface area contributed by atoms with Crippen LogP contribution in [0.15, 0.2) is 18.3 Å². The van der Waals surface area contributed by atoms with Gasteiger partial charge in [0.15, 0.2) is 0 Å². The number of hydrogen-bond acceptors (Lipinski definition) is 3. The van der Waals surface area contributed by atoms with Crippen molar-refractivity contribution >= 4 is 5.82 Å². The van der Waals surface area contributed by atoms with E-state index in [-0.39, 0.29) is 0 Å². The number of aryl methyl sites for hydroxylation is 1. The SMILES string of the molecule is Cc1cccnc1N1CCCC1CNCC(C)C. The number of hydrogen-bond donors (Lipinski definition) is 1. The first-order valence-electron chi connectivity index (χ1n) is 7.07. The number of rotatable bonds is 5. The molecule has 1 aliphatic heterocycles. The van der Waals surface area contributed by atoms with Crippen LogP contribution in [0.4, 0.5) is 5.82 Å². The maximum atomic E-state index is 4.55. The lowest BCUT2D eigenvalue weighted by Crippen LogP contribution is -2.39. The molecule has 0 aliphatic carbocycles. The maximum absolute atomic E-state index is 4.55. The van der Waals surface area contributed by atoms with E-state index in [0.29, 0.717) is 6.04 Å². The first kappa shape index (κ1) is 13.3. The van der Waals surface area contributed by atoms with Crippen molar-refractivity contribution in [3.8, 4) is 0 Å². The Morgan fingerprint density at radius 1 is 1.50 bits per heavy atom. The minimum absolute atomic E-state index is 0.609. The van der Waals surface area contributed by atoms with Gasteiger partial charge in [0.25, 0.3) is 0 Å². The standard InChI is InChI=1S/C15H25N3/c1-12(2)10-16-11-14-7-5-9-18(14)15-13(3)6-4-8-17-15/h4,6,8,12,14,16H,5,7,9-11H2,1-3H3. The summed E-state index contributed by atoms with van der Waals surface area (Å²) in [7, 11) is 0. The van der Waals surface area contributed by atoms with E-state index in [0.717, 1.165) is 25.6 Å². The fourth-order valence-corrected chi connectivity index (χ4v) is 2.64. The number of nitrogens with one attached hydrogen (secondary N) is 1. The van der Waals surface area contributed by atoms with Crippen LogP contribution in [-0.2, 0) is 0 Å². The lowest BCUT2D eigenvalue weighted by Gasteiger charge is -2.27. The molecule has 1 aliphatic rings. The molecular weight excluding hydrogens is 222 g/mol. The largest absolute Gasteiger partial charge is 0.352 e. The molecule has 3 nitrogen and oxygen atoms in total. The smallest absolute Gasteiger partial charge is 0.131 e. The van der Waals surface area contributed by atoms with Crippen molar-refractivity contribution in [3.63, 3.8) is 0 Å². The second kappa shape index (κ2) is 6.19. The third-order valence-electron chi connectivity index (χ3n) is 3.56. The zero-order chi connectivity index (χ0) is 13.0. The molecule has 0 amide bonds. The summed E-state index contributed by atoms with van der Waals surface area (Å²) in [6, 6.07) is 4.78. The van der Waals surface area contributed by atoms with Crippen LogP contribution in [0.3, 0.4) is 0 Å². The summed E-state index contributed by atoms with van der Waals surface area (Å²) < 4.78 is 0. The lowest BCUT2D eigenvalue weighted by molar-refractivity contribution is 0.511. The predicted molar refractivity (Wildman–Crippen MR) is 77.0 cm³/mol. The molecule has 1 unspecified atom stereocenters. The third kappa shape index (κ3) is 3.22. The summed E-state index contributed by atoms with van der Waals surface area (Å²) in [4.78, 5) is 7.03. The highest BCUT2D eigenvalue weighted by Gasteiger charge is 2.26. The number of pyridine rings is 1. The van der Waals surface area contributed by atoms with E-state index in [1.165, 1.54) is 24.2 Å². The highest BCUT2D eigenvalue weighted by atomic mass is 15.2. The van der Waals surface area contributed by atoms with Gasteiger partial charge in [0.1, 0.15) is 5.82 Å². The summed E-state index contributed by atoms with van der Waals surface area (Å²) in [6.45, 7) is 9.98. The van der Waals surface area contributed by atoms with E-state index in [9.17, 15) is 0 Å². The van der Waals surface area contributed by atoms with E-state index in [1.54, 1.807) is 0 Å². The molecule has 1 aromatic rings. The van der Waals surface area contributed by atoms with Gasteiger partial charge in [-0.25, -0.2) is 4.98 Å². The molecule has 1 atom stereocenters. The molecule has 2 rings (SSSR count). The molecule has 0 aromatic carbocycles. The van der Waals surface area contributed by atoms with Gasteiger partial charge in [-0.3, -0.25) is 0 Å². The molecule has 0 bridgehead atoms. The molecule has 0 spiro atoms. The van der Waals surface area contributed by atoms with Crippen LogP contribution in [-0.4, -0.2) is 30.7 Å². The van der Waals surface area contributed by atoms with Crippen molar-refractivity contribution in [2.24, 2.45) is 5.92 Å². The van der Waals surface area contributed by atoms with Crippen molar-refractivity contribution in [1.82, 2.24) is 10.3 Å². The average molecular weight is 247 g/mol. The lowest BCUT2D eigenvalue weighted by atomic mass is 10.2. The number of aromatic nitrogens is 1. The first-order chi connectivity index (χ1) is 8.68. The van der Waals surface area contributed by atoms with Crippen LogP contribution in [0, 0.1) is 12.8 Å². The van der Waals surface area contributed by atoms with Crippen LogP contribution in [0.2, 0.25) is 0 Å². The Labute approximate surface area is 111 Å². The van der Waals surface area contributed by atoms with Gasteiger partial charge < -0.3 is 10.2 Å². The highest BCUT2D eigenvalue weighted by molar-refractivity contribution is 5.47. The Balaban J connectivity index is 1.97. The average Bonchev–Trinajstić information content (AvgIpc) is 2.77. The topological polar surface area (TPSA) is 28.2 Å². The molecule has 1 saturated heterocycles. The van der Waals surface area contributed by atoms with Gasteiger partial charge in [0, 0.05) is 25.3 Å². The summed E-state index contributed by atoms with van der Waals surface area (Å²) in [5, 5.41) is 3.58. The third-order valence-corrected chi connectivity index (χ3v) is 3.56. The van der Waals surface area contributed by atoms with Crippen LogP contribution in [0.5, 0.6) is 0 Å². The van der Waals surface area contributed by atoms with Crippen molar-refractivity contribution < 1.29 is 0 Å². The molecule has 100 valence electrons. The molecular formula is C15H25N3. The zero-order valence-corrected chi connectivity index (χ0v) is 11.8. The minimum atomic E-state index is 0.609. The van der Waals surface area contributed by atoms with E-state index >= 15 is 0 Å². The maximum Gasteiger partial charge on any atom is 0.131 e. The summed E-state index contributed by atoms with van der Waals surface area (Å²) in [6.07, 6.45) is 4.46.